The van der Waals surface area contributed by atoms with Crippen LogP contribution in [0.4, 0.5) is 0 Å². The molecule has 0 aromatic heterocycles. The average molecular weight is 361 g/mol. The Morgan fingerprint density at radius 3 is 2.50 bits per heavy atom. The number of carbonyl (C=O) groups excluding carboxylic acids is 2. The van der Waals surface area contributed by atoms with E-state index in [0.717, 1.165) is 11.3 Å². The van der Waals surface area contributed by atoms with E-state index in [-0.39, 0.29) is 17.6 Å². The van der Waals surface area contributed by atoms with Gasteiger partial charge in [0.15, 0.2) is 0 Å². The number of methoxy groups -OCH3 is 2. The van der Waals surface area contributed by atoms with E-state index < -0.39 is 23.5 Å². The van der Waals surface area contributed by atoms with Crippen molar-refractivity contribution in [2.75, 3.05) is 20.8 Å². The Bertz CT molecular complexity index is 688. The molecule has 26 heavy (non-hydrogen) atoms. The second-order valence-electron chi connectivity index (χ2n) is 7.54. The van der Waals surface area contributed by atoms with Crippen molar-refractivity contribution >= 4 is 11.7 Å². The SMILES string of the molecule is COc1ccc(CN2CC[C@H]3C(C(C)=O)C(O)C(OC)[C@@]3(C)C2=O)cc1. The van der Waals surface area contributed by atoms with Crippen LogP contribution in [0.3, 0.4) is 0 Å². The van der Waals surface area contributed by atoms with E-state index in [9.17, 15) is 14.7 Å². The first-order valence-corrected chi connectivity index (χ1v) is 8.98. The predicted octanol–water partition coefficient (Wildman–Crippen LogP) is 1.64. The van der Waals surface area contributed by atoms with Crippen LogP contribution in [-0.4, -0.2) is 54.7 Å². The Kier molecular flexibility index (Phi) is 5.08. The molecule has 6 nitrogen and oxygen atoms in total. The first kappa shape index (κ1) is 18.9. The van der Waals surface area contributed by atoms with E-state index in [4.69, 9.17) is 9.47 Å². The van der Waals surface area contributed by atoms with E-state index in [0.29, 0.717) is 19.5 Å². The number of ketones is 1. The number of piperidine rings is 1. The summed E-state index contributed by atoms with van der Waals surface area (Å²) >= 11 is 0. The highest BCUT2D eigenvalue weighted by atomic mass is 16.5. The Balaban J connectivity index is 1.86. The van der Waals surface area contributed by atoms with Crippen LogP contribution in [0.25, 0.3) is 0 Å². The number of aliphatic hydroxyl groups is 1. The van der Waals surface area contributed by atoms with Gasteiger partial charge in [-0.2, -0.15) is 0 Å². The number of likely N-dealkylation sites (tertiary alicyclic amines) is 1. The Hall–Kier alpha value is -1.92. The zero-order chi connectivity index (χ0) is 19.1. The molecule has 1 aliphatic carbocycles. The summed E-state index contributed by atoms with van der Waals surface area (Å²) in [6, 6.07) is 7.63. The van der Waals surface area contributed by atoms with Crippen molar-refractivity contribution in [3.05, 3.63) is 29.8 Å². The van der Waals surface area contributed by atoms with Gasteiger partial charge in [-0.3, -0.25) is 9.59 Å². The van der Waals surface area contributed by atoms with Crippen LogP contribution in [-0.2, 0) is 20.9 Å². The van der Waals surface area contributed by atoms with Crippen LogP contribution < -0.4 is 4.74 Å². The number of amides is 1. The topological polar surface area (TPSA) is 76.1 Å². The number of rotatable bonds is 5. The van der Waals surface area contributed by atoms with Crippen LogP contribution in [0.1, 0.15) is 25.8 Å². The highest BCUT2D eigenvalue weighted by Crippen LogP contribution is 2.53. The van der Waals surface area contributed by atoms with Gasteiger partial charge < -0.3 is 19.5 Å². The van der Waals surface area contributed by atoms with Gasteiger partial charge in [-0.25, -0.2) is 0 Å². The summed E-state index contributed by atoms with van der Waals surface area (Å²) in [4.78, 5) is 27.2. The number of hydrogen-bond acceptors (Lipinski definition) is 5. The van der Waals surface area contributed by atoms with E-state index in [1.165, 1.54) is 14.0 Å². The molecule has 1 saturated carbocycles. The third-order valence-corrected chi connectivity index (χ3v) is 6.19. The van der Waals surface area contributed by atoms with Crippen molar-refractivity contribution in [3.63, 3.8) is 0 Å². The predicted molar refractivity (Wildman–Crippen MR) is 95.6 cm³/mol. The maximum absolute atomic E-state index is 13.3. The van der Waals surface area contributed by atoms with Crippen LogP contribution in [0.2, 0.25) is 0 Å². The normalized spacial score (nSPS) is 33.9. The summed E-state index contributed by atoms with van der Waals surface area (Å²) in [5.41, 5.74) is 0.117. The van der Waals surface area contributed by atoms with E-state index >= 15 is 0 Å². The number of carbonyl (C=O) groups is 2. The average Bonchev–Trinajstić information content (AvgIpc) is 2.85. The van der Waals surface area contributed by atoms with E-state index in [2.05, 4.69) is 0 Å². The molecule has 5 atom stereocenters. The lowest BCUT2D eigenvalue weighted by Crippen LogP contribution is -2.55. The number of benzene rings is 1. The number of aliphatic hydroxyl groups excluding tert-OH is 1. The zero-order valence-electron chi connectivity index (χ0n) is 15.8. The number of Topliss-reactive ketones (excluding diaryl/α,β-unsaturated/α-hetero) is 1. The zero-order valence-corrected chi connectivity index (χ0v) is 15.8. The summed E-state index contributed by atoms with van der Waals surface area (Å²) in [5, 5.41) is 10.6. The number of ether oxygens (including phenoxy) is 2. The van der Waals surface area contributed by atoms with Crippen molar-refractivity contribution in [1.82, 2.24) is 4.90 Å². The van der Waals surface area contributed by atoms with Gasteiger partial charge in [-0.15, -0.1) is 0 Å². The molecule has 1 saturated heterocycles. The first-order valence-electron chi connectivity index (χ1n) is 8.98. The third-order valence-electron chi connectivity index (χ3n) is 6.19. The fraction of sp³-hybridized carbons (Fsp3) is 0.600. The molecule has 3 rings (SSSR count). The highest BCUT2D eigenvalue weighted by Gasteiger charge is 2.65. The van der Waals surface area contributed by atoms with Crippen LogP contribution >= 0.6 is 0 Å². The van der Waals surface area contributed by atoms with E-state index in [1.54, 1.807) is 12.0 Å². The van der Waals surface area contributed by atoms with Gasteiger partial charge >= 0.3 is 0 Å². The molecule has 142 valence electrons. The Morgan fingerprint density at radius 1 is 1.31 bits per heavy atom. The quantitative estimate of drug-likeness (QED) is 0.863. The van der Waals surface area contributed by atoms with Gasteiger partial charge in [0, 0.05) is 26.1 Å². The minimum atomic E-state index is -0.947. The highest BCUT2D eigenvalue weighted by molar-refractivity contribution is 5.88. The van der Waals surface area contributed by atoms with E-state index in [1.807, 2.05) is 31.2 Å². The maximum Gasteiger partial charge on any atom is 0.231 e. The van der Waals surface area contributed by atoms with Crippen LogP contribution in [0, 0.1) is 17.3 Å². The minimum absolute atomic E-state index is 0.0563. The second-order valence-corrected chi connectivity index (χ2v) is 7.54. The summed E-state index contributed by atoms with van der Waals surface area (Å²) in [7, 11) is 3.11. The van der Waals surface area contributed by atoms with Gasteiger partial charge in [0.1, 0.15) is 11.5 Å². The molecular formula is C20H27NO5. The molecule has 1 heterocycles. The first-order chi connectivity index (χ1) is 12.3. The molecule has 1 aromatic rings. The van der Waals surface area contributed by atoms with Gasteiger partial charge in [0.2, 0.25) is 5.91 Å². The molecular weight excluding hydrogens is 334 g/mol. The fourth-order valence-electron chi connectivity index (χ4n) is 4.87. The number of hydrogen-bond donors (Lipinski definition) is 1. The van der Waals surface area contributed by atoms with Gasteiger partial charge in [-0.1, -0.05) is 12.1 Å². The minimum Gasteiger partial charge on any atom is -0.497 e. The van der Waals surface area contributed by atoms with Gasteiger partial charge in [-0.05, 0) is 43.9 Å². The molecule has 0 radical (unpaired) electrons. The van der Waals surface area contributed by atoms with Crippen molar-refractivity contribution in [3.8, 4) is 5.75 Å². The van der Waals surface area contributed by atoms with Gasteiger partial charge in [0.25, 0.3) is 0 Å². The monoisotopic (exact) mass is 361 g/mol. The molecule has 0 spiro atoms. The van der Waals surface area contributed by atoms with Crippen LogP contribution in [0.5, 0.6) is 5.75 Å². The molecule has 1 aliphatic heterocycles. The molecule has 1 amide bonds. The lowest BCUT2D eigenvalue weighted by molar-refractivity contribution is -0.160. The smallest absolute Gasteiger partial charge is 0.231 e. The van der Waals surface area contributed by atoms with Crippen molar-refractivity contribution in [1.29, 1.82) is 0 Å². The Labute approximate surface area is 154 Å². The molecule has 1 aromatic carbocycles. The number of fused-ring (bicyclic) bond motifs is 1. The van der Waals surface area contributed by atoms with Crippen LogP contribution in [0.15, 0.2) is 24.3 Å². The lowest BCUT2D eigenvalue weighted by Gasteiger charge is -2.44. The summed E-state index contributed by atoms with van der Waals surface area (Å²) in [6.07, 6.45) is -0.940. The maximum atomic E-state index is 13.3. The summed E-state index contributed by atoms with van der Waals surface area (Å²) in [5.74, 6) is -0.103. The standard InChI is InChI=1S/C20H27NO5/c1-12(22)16-15-9-10-21(11-13-5-7-14(25-3)8-6-13)19(24)20(15,2)18(26-4)17(16)23/h5-8,15-18,23H,9-11H2,1-4H3/t15-,16?,17?,18?,20-/m0/s1. The lowest BCUT2D eigenvalue weighted by atomic mass is 9.70. The van der Waals surface area contributed by atoms with Crippen molar-refractivity contribution in [2.24, 2.45) is 17.3 Å². The summed E-state index contributed by atoms with van der Waals surface area (Å²) < 4.78 is 10.7. The second kappa shape index (κ2) is 7.00. The third kappa shape index (κ3) is 2.81. The Morgan fingerprint density at radius 2 is 1.96 bits per heavy atom. The number of nitrogens with zero attached hydrogens (tertiary/aromatic N) is 1. The van der Waals surface area contributed by atoms with Crippen molar-refractivity contribution < 1.29 is 24.2 Å². The summed E-state index contributed by atoms with van der Waals surface area (Å²) in [6.45, 7) is 4.38. The molecule has 0 bridgehead atoms. The molecule has 2 fully saturated rings. The molecule has 2 aliphatic rings. The van der Waals surface area contributed by atoms with Crippen molar-refractivity contribution in [2.45, 2.75) is 39.0 Å². The molecule has 6 heteroatoms. The molecule has 3 unspecified atom stereocenters. The molecule has 1 N–H and O–H groups in total. The largest absolute Gasteiger partial charge is 0.497 e. The fourth-order valence-corrected chi connectivity index (χ4v) is 4.87. The van der Waals surface area contributed by atoms with Gasteiger partial charge in [0.05, 0.1) is 24.7 Å².